The van der Waals surface area contributed by atoms with Gasteiger partial charge in [-0.25, -0.2) is 14.6 Å². The number of fused-ring (bicyclic) bond motifs is 1. The van der Waals surface area contributed by atoms with Gasteiger partial charge in [-0.05, 0) is 36.6 Å². The second-order valence-electron chi connectivity index (χ2n) is 5.89. The molecule has 1 fully saturated rings. The number of nitrogens with one attached hydrogen (secondary N) is 1. The Balaban J connectivity index is 1.90. The summed E-state index contributed by atoms with van der Waals surface area (Å²) >= 11 is 5.95. The molecule has 1 aromatic carbocycles. The van der Waals surface area contributed by atoms with Crippen molar-refractivity contribution in [1.29, 1.82) is 0 Å². The normalized spacial score (nSPS) is 15.4. The Morgan fingerprint density at radius 2 is 2.17 bits per heavy atom. The number of rotatable bonds is 3. The van der Waals surface area contributed by atoms with Crippen molar-refractivity contribution in [3.63, 3.8) is 0 Å². The van der Waals surface area contributed by atoms with Crippen molar-refractivity contribution < 1.29 is 9.53 Å². The maximum atomic E-state index is 12.5. The number of H-pyrrole nitrogens is 1. The minimum Gasteiger partial charge on any atom is -0.465 e. The summed E-state index contributed by atoms with van der Waals surface area (Å²) in [5, 5.41) is 0.466. The van der Waals surface area contributed by atoms with Crippen molar-refractivity contribution >= 4 is 28.7 Å². The number of carbonyl (C=O) groups excluding carboxylic acids is 1. The number of aromatic nitrogens is 3. The molecule has 6 nitrogen and oxygen atoms in total. The van der Waals surface area contributed by atoms with E-state index in [9.17, 15) is 9.59 Å². The fraction of sp³-hybridized carbons (Fsp3) is 0.235. The van der Waals surface area contributed by atoms with Gasteiger partial charge in [0.15, 0.2) is 5.65 Å². The predicted octanol–water partition coefficient (Wildman–Crippen LogP) is 2.70. The first-order valence-electron chi connectivity index (χ1n) is 7.51. The summed E-state index contributed by atoms with van der Waals surface area (Å²) in [6.07, 6.45) is 3.12. The van der Waals surface area contributed by atoms with Gasteiger partial charge in [-0.1, -0.05) is 23.7 Å². The van der Waals surface area contributed by atoms with E-state index in [0.717, 1.165) is 18.4 Å². The Kier molecular flexibility index (Phi) is 3.25. The van der Waals surface area contributed by atoms with Crippen molar-refractivity contribution in [2.75, 3.05) is 7.11 Å². The van der Waals surface area contributed by atoms with Gasteiger partial charge in [0.1, 0.15) is 0 Å². The number of halogens is 1. The number of benzene rings is 1. The van der Waals surface area contributed by atoms with E-state index in [1.807, 2.05) is 6.07 Å². The van der Waals surface area contributed by atoms with E-state index in [-0.39, 0.29) is 5.69 Å². The zero-order chi connectivity index (χ0) is 16.9. The molecule has 1 saturated carbocycles. The zero-order valence-electron chi connectivity index (χ0n) is 12.9. The zero-order valence-corrected chi connectivity index (χ0v) is 13.6. The van der Waals surface area contributed by atoms with Gasteiger partial charge in [-0.3, -0.25) is 4.57 Å². The molecule has 2 heterocycles. The highest BCUT2D eigenvalue weighted by molar-refractivity contribution is 6.31. The van der Waals surface area contributed by atoms with Crippen LogP contribution in [0.1, 0.15) is 28.8 Å². The molecule has 0 saturated heterocycles. The minimum atomic E-state index is -0.486. The summed E-state index contributed by atoms with van der Waals surface area (Å²) in [5.41, 5.74) is 1.80. The third-order valence-corrected chi connectivity index (χ3v) is 4.67. The maximum absolute atomic E-state index is 12.5. The third kappa shape index (κ3) is 2.14. The standard InChI is InChI=1S/C17H14ClN3O3/c1-24-15(22)10-3-2-4-11(7-10)17(5-6-17)21-14-13(20-16(21)23)8-12(18)9-19-14/h2-4,7-9H,5-6H2,1H3,(H,20,23). The molecule has 0 unspecified atom stereocenters. The van der Waals surface area contributed by atoms with Crippen LogP contribution in [0.2, 0.25) is 5.02 Å². The Morgan fingerprint density at radius 1 is 1.38 bits per heavy atom. The highest BCUT2D eigenvalue weighted by Crippen LogP contribution is 2.49. The van der Waals surface area contributed by atoms with Crippen molar-refractivity contribution in [3.8, 4) is 0 Å². The number of nitrogens with zero attached hydrogens (tertiary/aromatic N) is 2. The molecule has 122 valence electrons. The van der Waals surface area contributed by atoms with Crippen molar-refractivity contribution in [2.24, 2.45) is 0 Å². The summed E-state index contributed by atoms with van der Waals surface area (Å²) in [6, 6.07) is 8.87. The first-order chi connectivity index (χ1) is 11.5. The molecule has 0 bridgehead atoms. The van der Waals surface area contributed by atoms with Gasteiger partial charge in [0.25, 0.3) is 0 Å². The number of hydrogen-bond donors (Lipinski definition) is 1. The molecule has 0 aliphatic heterocycles. The Bertz CT molecular complexity index is 1020. The van der Waals surface area contributed by atoms with Crippen LogP contribution in [0.25, 0.3) is 11.2 Å². The summed E-state index contributed by atoms with van der Waals surface area (Å²) in [6.45, 7) is 0. The topological polar surface area (TPSA) is 77.0 Å². The molecule has 1 N–H and O–H groups in total. The number of imidazole rings is 1. The van der Waals surface area contributed by atoms with Crippen LogP contribution in [0, 0.1) is 0 Å². The summed E-state index contributed by atoms with van der Waals surface area (Å²) < 4.78 is 6.44. The monoisotopic (exact) mass is 343 g/mol. The average molecular weight is 344 g/mol. The lowest BCUT2D eigenvalue weighted by molar-refractivity contribution is 0.0600. The summed E-state index contributed by atoms with van der Waals surface area (Å²) in [7, 11) is 1.35. The number of carbonyl (C=O) groups is 1. The molecule has 2 aromatic heterocycles. The lowest BCUT2D eigenvalue weighted by Crippen LogP contribution is -2.29. The maximum Gasteiger partial charge on any atom is 0.337 e. The Labute approximate surface area is 142 Å². The average Bonchev–Trinajstić information content (AvgIpc) is 3.31. The molecular weight excluding hydrogens is 330 g/mol. The summed E-state index contributed by atoms with van der Waals surface area (Å²) in [5.74, 6) is -0.399. The second-order valence-corrected chi connectivity index (χ2v) is 6.33. The SMILES string of the molecule is COC(=O)c1cccc(C2(n3c(=O)[nH]c4cc(Cl)cnc43)CC2)c1. The fourth-order valence-electron chi connectivity index (χ4n) is 3.18. The highest BCUT2D eigenvalue weighted by Gasteiger charge is 2.48. The highest BCUT2D eigenvalue weighted by atomic mass is 35.5. The van der Waals surface area contributed by atoms with E-state index in [4.69, 9.17) is 16.3 Å². The lowest BCUT2D eigenvalue weighted by Gasteiger charge is -2.18. The molecule has 7 heteroatoms. The van der Waals surface area contributed by atoms with E-state index < -0.39 is 11.5 Å². The number of esters is 1. The van der Waals surface area contributed by atoms with Gasteiger partial charge in [-0.15, -0.1) is 0 Å². The first kappa shape index (κ1) is 15.0. The fourth-order valence-corrected chi connectivity index (χ4v) is 3.34. The van der Waals surface area contributed by atoms with Gasteiger partial charge in [-0.2, -0.15) is 0 Å². The van der Waals surface area contributed by atoms with E-state index in [2.05, 4.69) is 9.97 Å². The van der Waals surface area contributed by atoms with Crippen LogP contribution in [0.3, 0.4) is 0 Å². The van der Waals surface area contributed by atoms with Gasteiger partial charge in [0.05, 0.1) is 28.8 Å². The molecule has 1 aliphatic rings. The Hall–Kier alpha value is -2.60. The minimum absolute atomic E-state index is 0.235. The molecule has 3 aromatic rings. The van der Waals surface area contributed by atoms with Crippen molar-refractivity contribution in [2.45, 2.75) is 18.4 Å². The van der Waals surface area contributed by atoms with Crippen LogP contribution in [0.4, 0.5) is 0 Å². The smallest absolute Gasteiger partial charge is 0.337 e. The van der Waals surface area contributed by atoms with Crippen LogP contribution in [-0.2, 0) is 10.3 Å². The molecule has 0 radical (unpaired) electrons. The van der Waals surface area contributed by atoms with E-state index >= 15 is 0 Å². The summed E-state index contributed by atoms with van der Waals surface area (Å²) in [4.78, 5) is 31.4. The Morgan fingerprint density at radius 3 is 2.88 bits per heavy atom. The van der Waals surface area contributed by atoms with Crippen LogP contribution in [0.15, 0.2) is 41.3 Å². The molecule has 24 heavy (non-hydrogen) atoms. The number of pyridine rings is 1. The molecule has 1 aliphatic carbocycles. The van der Waals surface area contributed by atoms with Crippen LogP contribution < -0.4 is 5.69 Å². The largest absolute Gasteiger partial charge is 0.465 e. The second kappa shape index (κ2) is 5.21. The quantitative estimate of drug-likeness (QED) is 0.742. The van der Waals surface area contributed by atoms with E-state index in [1.165, 1.54) is 13.3 Å². The van der Waals surface area contributed by atoms with Crippen LogP contribution in [0.5, 0.6) is 0 Å². The molecule has 0 atom stereocenters. The van der Waals surface area contributed by atoms with Crippen LogP contribution >= 0.6 is 11.6 Å². The lowest BCUT2D eigenvalue weighted by atomic mass is 10.0. The predicted molar refractivity (Wildman–Crippen MR) is 89.5 cm³/mol. The van der Waals surface area contributed by atoms with Gasteiger partial charge in [0, 0.05) is 6.20 Å². The van der Waals surface area contributed by atoms with Gasteiger partial charge >= 0.3 is 11.7 Å². The van der Waals surface area contributed by atoms with Gasteiger partial charge in [0.2, 0.25) is 0 Å². The first-order valence-corrected chi connectivity index (χ1v) is 7.88. The van der Waals surface area contributed by atoms with Gasteiger partial charge < -0.3 is 9.72 Å². The number of hydrogen-bond acceptors (Lipinski definition) is 4. The molecule has 0 amide bonds. The third-order valence-electron chi connectivity index (χ3n) is 4.46. The van der Waals surface area contributed by atoms with E-state index in [1.54, 1.807) is 28.8 Å². The number of methoxy groups -OCH3 is 1. The molecular formula is C17H14ClN3O3. The number of ether oxygens (including phenoxy) is 1. The van der Waals surface area contributed by atoms with E-state index in [0.29, 0.717) is 21.7 Å². The molecule has 4 rings (SSSR count). The van der Waals surface area contributed by atoms with Crippen molar-refractivity contribution in [1.82, 2.24) is 14.5 Å². The van der Waals surface area contributed by atoms with Crippen LogP contribution in [-0.4, -0.2) is 27.6 Å². The van der Waals surface area contributed by atoms with Crippen molar-refractivity contribution in [3.05, 3.63) is 63.2 Å². The molecule has 0 spiro atoms. The number of aromatic amines is 1.